The fourth-order valence-corrected chi connectivity index (χ4v) is 4.03. The monoisotopic (exact) mass is 529 g/mol. The van der Waals surface area contributed by atoms with E-state index in [0.29, 0.717) is 25.1 Å². The molecular weight excluding hydrogens is 494 g/mol. The first-order valence-electron chi connectivity index (χ1n) is 12.7. The van der Waals surface area contributed by atoms with Gasteiger partial charge in [-0.15, -0.1) is 0 Å². The third-order valence-electron chi connectivity index (χ3n) is 6.01. The maximum atomic E-state index is 13.6. The maximum absolute atomic E-state index is 13.6. The first kappa shape index (κ1) is 28.7. The summed E-state index contributed by atoms with van der Waals surface area (Å²) in [6.07, 6.45) is 0.844. The average molecular weight is 530 g/mol. The van der Waals surface area contributed by atoms with Crippen molar-refractivity contribution < 1.29 is 14.4 Å². The molecule has 3 aromatic rings. The number of rotatable bonds is 12. The highest BCUT2D eigenvalue weighted by atomic mass is 16.2. The molecule has 0 aliphatic rings. The third kappa shape index (κ3) is 9.19. The van der Waals surface area contributed by atoms with Gasteiger partial charge in [-0.25, -0.2) is 4.79 Å². The molecule has 1 atom stereocenters. The maximum Gasteiger partial charge on any atom is 0.318 e. The molecule has 0 unspecified atom stereocenters. The van der Waals surface area contributed by atoms with Crippen LogP contribution in [0.15, 0.2) is 89.9 Å². The van der Waals surface area contributed by atoms with Crippen molar-refractivity contribution >= 4 is 29.5 Å². The van der Waals surface area contributed by atoms with E-state index in [0.717, 1.165) is 16.7 Å². The molecule has 0 saturated heterocycles. The zero-order valence-corrected chi connectivity index (χ0v) is 21.9. The number of aliphatic imine (C=N–C) groups is 1. The van der Waals surface area contributed by atoms with Crippen LogP contribution in [0.1, 0.15) is 35.4 Å². The molecule has 204 valence electrons. The molecule has 0 aliphatic heterocycles. The predicted octanol–water partition coefficient (Wildman–Crippen LogP) is 2.42. The van der Waals surface area contributed by atoms with Crippen molar-refractivity contribution in [1.29, 1.82) is 0 Å². The summed E-state index contributed by atoms with van der Waals surface area (Å²) in [6, 6.07) is 24.9. The molecule has 3 aromatic carbocycles. The Morgan fingerprint density at radius 2 is 1.41 bits per heavy atom. The minimum atomic E-state index is -0.796. The second-order valence-electron chi connectivity index (χ2n) is 8.88. The topological polar surface area (TPSA) is 164 Å². The molecule has 0 spiro atoms. The van der Waals surface area contributed by atoms with Gasteiger partial charge in [0.05, 0.1) is 5.92 Å². The van der Waals surface area contributed by atoms with Crippen molar-refractivity contribution in [1.82, 2.24) is 16.0 Å². The number of hydrogen-bond donors (Lipinski definition) is 6. The lowest BCUT2D eigenvalue weighted by atomic mass is 9.90. The number of nitrogens with zero attached hydrogens (tertiary/aromatic N) is 1. The van der Waals surface area contributed by atoms with E-state index in [1.54, 1.807) is 24.3 Å². The summed E-state index contributed by atoms with van der Waals surface area (Å²) < 4.78 is 0. The number of nitrogens with two attached hydrogens (primary N) is 2. The molecule has 10 nitrogen and oxygen atoms in total. The molecule has 0 heterocycles. The second kappa shape index (κ2) is 14.8. The molecule has 0 fully saturated rings. The van der Waals surface area contributed by atoms with E-state index in [4.69, 9.17) is 11.5 Å². The Bertz CT molecular complexity index is 1210. The molecule has 10 heteroatoms. The van der Waals surface area contributed by atoms with E-state index in [2.05, 4.69) is 26.3 Å². The van der Waals surface area contributed by atoms with E-state index in [1.165, 1.54) is 7.05 Å². The van der Waals surface area contributed by atoms with Gasteiger partial charge in [0.15, 0.2) is 5.96 Å². The number of guanidine groups is 1. The normalized spacial score (nSPS) is 11.2. The first-order chi connectivity index (χ1) is 18.9. The van der Waals surface area contributed by atoms with E-state index >= 15 is 0 Å². The Kier molecular flexibility index (Phi) is 10.9. The van der Waals surface area contributed by atoms with Gasteiger partial charge in [-0.1, -0.05) is 72.8 Å². The van der Waals surface area contributed by atoms with Crippen LogP contribution in [0.3, 0.4) is 0 Å². The van der Waals surface area contributed by atoms with Crippen LogP contribution in [0.25, 0.3) is 0 Å². The van der Waals surface area contributed by atoms with Gasteiger partial charge >= 0.3 is 6.03 Å². The molecule has 3 rings (SSSR count). The summed E-state index contributed by atoms with van der Waals surface area (Å²) in [5, 5.41) is 11.0. The molecule has 0 saturated carbocycles. The molecule has 0 aromatic heterocycles. The molecular formula is C29H35N7O3. The SMILES string of the molecule is CNC(=O)Nc1ccc(CNC(=O)[C@@H](CCCN=C(N)N)NC(=O)C(c2ccccc2)c2ccccc2)cc1. The van der Waals surface area contributed by atoms with Gasteiger partial charge in [-0.2, -0.15) is 0 Å². The number of carbonyl (C=O) groups is 3. The molecule has 39 heavy (non-hydrogen) atoms. The van der Waals surface area contributed by atoms with Crippen LogP contribution in [0.4, 0.5) is 10.5 Å². The minimum absolute atomic E-state index is 0.0254. The highest BCUT2D eigenvalue weighted by Crippen LogP contribution is 2.25. The van der Waals surface area contributed by atoms with Crippen molar-refractivity contribution in [3.63, 3.8) is 0 Å². The van der Waals surface area contributed by atoms with Gasteiger partial charge < -0.3 is 32.7 Å². The van der Waals surface area contributed by atoms with Gasteiger partial charge in [0.25, 0.3) is 0 Å². The van der Waals surface area contributed by atoms with Gasteiger partial charge in [0.2, 0.25) is 11.8 Å². The lowest BCUT2D eigenvalue weighted by Crippen LogP contribution is -2.48. The van der Waals surface area contributed by atoms with Crippen LogP contribution in [0.2, 0.25) is 0 Å². The zero-order chi connectivity index (χ0) is 28.0. The Morgan fingerprint density at radius 1 is 0.821 bits per heavy atom. The summed E-state index contributed by atoms with van der Waals surface area (Å²) in [5.41, 5.74) is 14.0. The summed E-state index contributed by atoms with van der Waals surface area (Å²) in [4.78, 5) is 42.3. The largest absolute Gasteiger partial charge is 0.370 e. The molecule has 0 aliphatic carbocycles. The number of benzene rings is 3. The minimum Gasteiger partial charge on any atom is -0.370 e. The Labute approximate surface area is 228 Å². The van der Waals surface area contributed by atoms with Gasteiger partial charge in [0, 0.05) is 25.8 Å². The number of urea groups is 1. The number of amides is 4. The second-order valence-corrected chi connectivity index (χ2v) is 8.88. The van der Waals surface area contributed by atoms with Crippen molar-refractivity contribution in [3.8, 4) is 0 Å². The predicted molar refractivity (Wildman–Crippen MR) is 153 cm³/mol. The average Bonchev–Trinajstić information content (AvgIpc) is 2.95. The fraction of sp³-hybridized carbons (Fsp3) is 0.241. The number of carbonyl (C=O) groups excluding carboxylic acids is 3. The molecule has 4 amide bonds. The summed E-state index contributed by atoms with van der Waals surface area (Å²) in [5.74, 6) is -1.21. The zero-order valence-electron chi connectivity index (χ0n) is 21.9. The highest BCUT2D eigenvalue weighted by Gasteiger charge is 2.27. The summed E-state index contributed by atoms with van der Waals surface area (Å²) >= 11 is 0. The Hall–Kier alpha value is -4.86. The standard InChI is InChI=1S/C29H35N7O3/c1-32-29(39)35-23-16-14-20(15-17-23)19-34-26(37)24(13-8-18-33-28(30)31)36-27(38)25(21-9-4-2-5-10-21)22-11-6-3-7-12-22/h2-7,9-12,14-17,24-25H,8,13,18-19H2,1H3,(H,34,37)(H,36,38)(H4,30,31,33)(H2,32,35,39)/t24-/m1/s1. The number of anilines is 1. The van der Waals surface area contributed by atoms with Crippen molar-refractivity contribution in [2.75, 3.05) is 18.9 Å². The number of hydrogen-bond acceptors (Lipinski definition) is 4. The van der Waals surface area contributed by atoms with Gasteiger partial charge in [-0.3, -0.25) is 14.6 Å². The molecule has 0 bridgehead atoms. The van der Waals surface area contributed by atoms with Gasteiger partial charge in [0.1, 0.15) is 6.04 Å². The lowest BCUT2D eigenvalue weighted by Gasteiger charge is -2.23. The summed E-state index contributed by atoms with van der Waals surface area (Å²) in [6.45, 7) is 0.586. The Morgan fingerprint density at radius 3 is 1.95 bits per heavy atom. The molecule has 8 N–H and O–H groups in total. The van der Waals surface area contributed by atoms with E-state index in [-0.39, 0.29) is 30.3 Å². The van der Waals surface area contributed by atoms with Crippen LogP contribution in [-0.4, -0.2) is 43.4 Å². The summed E-state index contributed by atoms with van der Waals surface area (Å²) in [7, 11) is 1.54. The Balaban J connectivity index is 1.73. The lowest BCUT2D eigenvalue weighted by molar-refractivity contribution is -0.129. The quantitative estimate of drug-likeness (QED) is 0.120. The highest BCUT2D eigenvalue weighted by molar-refractivity contribution is 5.92. The van der Waals surface area contributed by atoms with Gasteiger partial charge in [-0.05, 0) is 41.7 Å². The fourth-order valence-electron chi connectivity index (χ4n) is 4.03. The van der Waals surface area contributed by atoms with Crippen molar-refractivity contribution in [3.05, 3.63) is 102 Å². The van der Waals surface area contributed by atoms with Crippen LogP contribution in [0.5, 0.6) is 0 Å². The first-order valence-corrected chi connectivity index (χ1v) is 12.7. The molecule has 0 radical (unpaired) electrons. The number of nitrogens with one attached hydrogen (secondary N) is 4. The van der Waals surface area contributed by atoms with Crippen LogP contribution in [-0.2, 0) is 16.1 Å². The van der Waals surface area contributed by atoms with Crippen LogP contribution < -0.4 is 32.7 Å². The van der Waals surface area contributed by atoms with E-state index < -0.39 is 12.0 Å². The van der Waals surface area contributed by atoms with E-state index in [9.17, 15) is 14.4 Å². The van der Waals surface area contributed by atoms with Crippen LogP contribution in [0, 0.1) is 0 Å². The van der Waals surface area contributed by atoms with E-state index in [1.807, 2.05) is 60.7 Å². The van der Waals surface area contributed by atoms with Crippen molar-refractivity contribution in [2.45, 2.75) is 31.3 Å². The van der Waals surface area contributed by atoms with Crippen LogP contribution >= 0.6 is 0 Å². The van der Waals surface area contributed by atoms with Crippen molar-refractivity contribution in [2.24, 2.45) is 16.5 Å². The third-order valence-corrected chi connectivity index (χ3v) is 6.01. The smallest absolute Gasteiger partial charge is 0.318 e.